The van der Waals surface area contributed by atoms with E-state index in [1.165, 1.54) is 18.2 Å². The molecule has 0 aromatic heterocycles. The van der Waals surface area contributed by atoms with E-state index in [1.54, 1.807) is 13.8 Å². The second kappa shape index (κ2) is 5.23. The summed E-state index contributed by atoms with van der Waals surface area (Å²) in [5.74, 6) is 0. The second-order valence-electron chi connectivity index (χ2n) is 3.92. The summed E-state index contributed by atoms with van der Waals surface area (Å²) >= 11 is 2.99. The van der Waals surface area contributed by atoms with Gasteiger partial charge in [-0.25, -0.2) is 0 Å². The highest BCUT2D eigenvalue weighted by molar-refractivity contribution is 9.10. The third-order valence-electron chi connectivity index (χ3n) is 2.13. The lowest BCUT2D eigenvalue weighted by molar-refractivity contribution is -0.139. The van der Waals surface area contributed by atoms with Crippen LogP contribution >= 0.6 is 15.9 Å². The van der Waals surface area contributed by atoms with Crippen LogP contribution in [0.4, 0.5) is 13.2 Å². The van der Waals surface area contributed by atoms with Crippen LogP contribution in [-0.4, -0.2) is 5.11 Å². The minimum absolute atomic E-state index is 0.137. The molecule has 0 radical (unpaired) electrons. The van der Waals surface area contributed by atoms with Crippen molar-refractivity contribution in [3.05, 3.63) is 45.4 Å². The molecular weight excluding hydrogens is 297 g/mol. The molecule has 17 heavy (non-hydrogen) atoms. The summed E-state index contributed by atoms with van der Waals surface area (Å²) < 4.78 is 38.7. The van der Waals surface area contributed by atoms with Gasteiger partial charge in [0.2, 0.25) is 0 Å². The fourth-order valence-electron chi connectivity index (χ4n) is 1.44. The number of rotatable bonds is 2. The predicted molar refractivity (Wildman–Crippen MR) is 63.5 cm³/mol. The van der Waals surface area contributed by atoms with E-state index >= 15 is 0 Å². The third kappa shape index (κ3) is 3.85. The first-order valence-electron chi connectivity index (χ1n) is 4.91. The Morgan fingerprint density at radius 3 is 2.41 bits per heavy atom. The predicted octanol–water partition coefficient (Wildman–Crippen LogP) is 4.47. The number of hydrogen-bond donors (Lipinski definition) is 1. The maximum Gasteiger partial charge on any atom is 0.416 e. The van der Waals surface area contributed by atoms with Gasteiger partial charge < -0.3 is 5.11 Å². The number of hydrogen-bond acceptors (Lipinski definition) is 1. The highest BCUT2D eigenvalue weighted by Crippen LogP contribution is 2.36. The van der Waals surface area contributed by atoms with Crippen LogP contribution in [0, 0.1) is 0 Å². The Bertz CT molecular complexity index is 434. The first kappa shape index (κ1) is 14.3. The molecular formula is C12H12BrF3O. The number of benzene rings is 1. The van der Waals surface area contributed by atoms with Crippen LogP contribution in [0.1, 0.15) is 31.1 Å². The molecule has 1 aromatic rings. The fourth-order valence-corrected chi connectivity index (χ4v) is 1.80. The van der Waals surface area contributed by atoms with Crippen molar-refractivity contribution in [2.75, 3.05) is 0 Å². The van der Waals surface area contributed by atoms with Crippen molar-refractivity contribution in [3.8, 4) is 0 Å². The largest absolute Gasteiger partial charge is 0.416 e. The maximum absolute atomic E-state index is 12.8. The molecule has 0 aliphatic heterocycles. The van der Waals surface area contributed by atoms with Gasteiger partial charge in [-0.05, 0) is 31.5 Å². The molecule has 0 saturated carbocycles. The van der Waals surface area contributed by atoms with E-state index in [-0.39, 0.29) is 5.56 Å². The van der Waals surface area contributed by atoms with E-state index in [9.17, 15) is 18.3 Å². The molecule has 1 atom stereocenters. The quantitative estimate of drug-likeness (QED) is 0.799. The Morgan fingerprint density at radius 2 is 1.94 bits per heavy atom. The van der Waals surface area contributed by atoms with E-state index in [4.69, 9.17) is 0 Å². The average molecular weight is 309 g/mol. The monoisotopic (exact) mass is 308 g/mol. The highest BCUT2D eigenvalue weighted by Gasteiger charge is 2.34. The third-order valence-corrected chi connectivity index (χ3v) is 2.62. The van der Waals surface area contributed by atoms with E-state index in [1.807, 2.05) is 0 Å². The Morgan fingerprint density at radius 1 is 1.35 bits per heavy atom. The molecule has 1 N–H and O–H groups in total. The van der Waals surface area contributed by atoms with E-state index < -0.39 is 17.8 Å². The summed E-state index contributed by atoms with van der Waals surface area (Å²) in [6.45, 7) is 3.44. The molecule has 5 heteroatoms. The Labute approximate surface area is 106 Å². The van der Waals surface area contributed by atoms with Crippen LogP contribution < -0.4 is 0 Å². The van der Waals surface area contributed by atoms with Crippen LogP contribution in [0.25, 0.3) is 0 Å². The van der Waals surface area contributed by atoms with E-state index in [0.29, 0.717) is 4.47 Å². The first-order valence-corrected chi connectivity index (χ1v) is 5.71. The van der Waals surface area contributed by atoms with Gasteiger partial charge in [0.25, 0.3) is 0 Å². The SMILES string of the molecule is CC(C)=CC(O)c1ccc(Br)cc1C(F)(F)F. The zero-order chi connectivity index (χ0) is 13.2. The van der Waals surface area contributed by atoms with Gasteiger partial charge >= 0.3 is 6.18 Å². The van der Waals surface area contributed by atoms with Crippen molar-refractivity contribution in [2.45, 2.75) is 26.1 Å². The van der Waals surface area contributed by atoms with Crippen molar-refractivity contribution in [3.63, 3.8) is 0 Å². The second-order valence-corrected chi connectivity index (χ2v) is 4.83. The number of aliphatic hydroxyl groups excluding tert-OH is 1. The summed E-state index contributed by atoms with van der Waals surface area (Å²) in [6, 6.07) is 3.72. The number of alkyl halides is 3. The summed E-state index contributed by atoms with van der Waals surface area (Å²) in [5.41, 5.74) is -0.202. The standard InChI is InChI=1S/C12H12BrF3O/c1-7(2)5-11(17)9-4-3-8(13)6-10(9)12(14,15)16/h3-6,11,17H,1-2H3. The first-order chi connectivity index (χ1) is 7.71. The molecule has 0 spiro atoms. The molecule has 1 nitrogen and oxygen atoms in total. The molecule has 0 fully saturated rings. The number of allylic oxidation sites excluding steroid dienone is 1. The number of halogens is 4. The molecule has 0 heterocycles. The zero-order valence-corrected chi connectivity index (χ0v) is 10.9. The van der Waals surface area contributed by atoms with Crippen molar-refractivity contribution in [1.29, 1.82) is 0 Å². The molecule has 1 unspecified atom stereocenters. The number of aliphatic hydroxyl groups is 1. The molecule has 1 rings (SSSR count). The molecule has 94 valence electrons. The lowest BCUT2D eigenvalue weighted by atomic mass is 10.0. The smallest absolute Gasteiger partial charge is 0.384 e. The van der Waals surface area contributed by atoms with Crippen LogP contribution in [0.5, 0.6) is 0 Å². The lowest BCUT2D eigenvalue weighted by Gasteiger charge is -2.16. The van der Waals surface area contributed by atoms with Crippen LogP contribution in [0.3, 0.4) is 0 Å². The summed E-state index contributed by atoms with van der Waals surface area (Å²) in [7, 11) is 0. The average Bonchev–Trinajstić information content (AvgIpc) is 2.14. The fraction of sp³-hybridized carbons (Fsp3) is 0.333. The zero-order valence-electron chi connectivity index (χ0n) is 9.35. The lowest BCUT2D eigenvalue weighted by Crippen LogP contribution is -2.11. The van der Waals surface area contributed by atoms with Gasteiger partial charge in [0.1, 0.15) is 0 Å². The topological polar surface area (TPSA) is 20.2 Å². The van der Waals surface area contributed by atoms with Crippen molar-refractivity contribution in [2.24, 2.45) is 0 Å². The van der Waals surface area contributed by atoms with E-state index in [0.717, 1.165) is 11.6 Å². The summed E-state index contributed by atoms with van der Waals surface area (Å²) in [4.78, 5) is 0. The van der Waals surface area contributed by atoms with E-state index in [2.05, 4.69) is 15.9 Å². The van der Waals surface area contributed by atoms with Crippen molar-refractivity contribution < 1.29 is 18.3 Å². The molecule has 0 saturated heterocycles. The Hall–Kier alpha value is -0.810. The molecule has 0 amide bonds. The van der Waals surface area contributed by atoms with Gasteiger partial charge in [0.15, 0.2) is 0 Å². The molecule has 1 aromatic carbocycles. The van der Waals surface area contributed by atoms with Gasteiger partial charge in [-0.1, -0.05) is 33.6 Å². The Kier molecular flexibility index (Phi) is 4.38. The Balaban J connectivity index is 3.29. The molecule has 0 aliphatic carbocycles. The van der Waals surface area contributed by atoms with Gasteiger partial charge in [0, 0.05) is 4.47 Å². The minimum Gasteiger partial charge on any atom is -0.384 e. The maximum atomic E-state index is 12.8. The summed E-state index contributed by atoms with van der Waals surface area (Å²) in [6.07, 6.45) is -4.33. The minimum atomic E-state index is -4.48. The van der Waals surface area contributed by atoms with Crippen LogP contribution in [0.2, 0.25) is 0 Å². The normalized spacial score (nSPS) is 13.4. The van der Waals surface area contributed by atoms with Gasteiger partial charge in [-0.15, -0.1) is 0 Å². The van der Waals surface area contributed by atoms with Gasteiger partial charge in [0.05, 0.1) is 11.7 Å². The van der Waals surface area contributed by atoms with Gasteiger partial charge in [-0.3, -0.25) is 0 Å². The molecule has 0 bridgehead atoms. The van der Waals surface area contributed by atoms with Gasteiger partial charge in [-0.2, -0.15) is 13.2 Å². The summed E-state index contributed by atoms with van der Waals surface area (Å²) in [5, 5.41) is 9.73. The van der Waals surface area contributed by atoms with Crippen molar-refractivity contribution >= 4 is 15.9 Å². The highest BCUT2D eigenvalue weighted by atomic mass is 79.9. The molecule has 0 aliphatic rings. The van der Waals surface area contributed by atoms with Crippen LogP contribution in [0.15, 0.2) is 34.3 Å². The van der Waals surface area contributed by atoms with Crippen LogP contribution in [-0.2, 0) is 6.18 Å². The van der Waals surface area contributed by atoms with Crippen molar-refractivity contribution in [1.82, 2.24) is 0 Å².